The molecular weight excluding hydrogens is 499 g/mol. The van der Waals surface area contributed by atoms with Crippen LogP contribution in [0.4, 0.5) is 0 Å². The van der Waals surface area contributed by atoms with Crippen molar-refractivity contribution in [2.24, 2.45) is 0 Å². The standard InChI is InChI=1S/C19H39N2O8PSi3/c1-14-12-21(19(23)20-18(14)22)17-11-15(27-31(2,3)4)16(26-17)13-25-30(24,28-32(5,6)7)29-33(8,9)10/h12,15-17H,11,13H2,1-10H3,(H,20,22,23). The van der Waals surface area contributed by atoms with Crippen LogP contribution in [0.2, 0.25) is 58.9 Å². The molecule has 1 aliphatic heterocycles. The van der Waals surface area contributed by atoms with E-state index in [2.05, 4.69) is 24.6 Å². The van der Waals surface area contributed by atoms with E-state index in [1.54, 1.807) is 6.92 Å². The first-order valence-corrected chi connectivity index (χ1v) is 22.8. The topological polar surface area (TPSA) is 118 Å². The first kappa shape index (κ1) is 28.6. The van der Waals surface area contributed by atoms with Crippen molar-refractivity contribution >= 4 is 32.8 Å². The molecule has 0 aromatic carbocycles. The second kappa shape index (κ2) is 10.2. The number of aryl methyl sites for hydroxylation is 1. The minimum atomic E-state index is -3.82. The molecule has 1 saturated heterocycles. The van der Waals surface area contributed by atoms with E-state index in [4.69, 9.17) is 22.1 Å². The number of nitrogens with one attached hydrogen (secondary N) is 1. The summed E-state index contributed by atoms with van der Waals surface area (Å²) >= 11 is 0. The highest BCUT2D eigenvalue weighted by Crippen LogP contribution is 2.54. The molecule has 1 aromatic heterocycles. The Hall–Kier alpha value is -0.639. The third kappa shape index (κ3) is 9.15. The molecule has 1 aromatic rings. The SMILES string of the molecule is Cc1cn(C2CC(O[Si](C)(C)C)C(COP(=O)(O[Si](C)(C)C)O[Si](C)(C)C)O2)c(=O)[nH]c1=O. The van der Waals surface area contributed by atoms with E-state index >= 15 is 0 Å². The molecule has 3 atom stereocenters. The van der Waals surface area contributed by atoms with Crippen LogP contribution in [0, 0.1) is 6.92 Å². The van der Waals surface area contributed by atoms with Crippen LogP contribution in [-0.4, -0.2) is 53.3 Å². The number of aromatic amines is 1. The Morgan fingerprint density at radius 1 is 1.03 bits per heavy atom. The second-order valence-corrected chi connectivity index (χ2v) is 26.8. The zero-order chi connectivity index (χ0) is 25.4. The molecule has 190 valence electrons. The summed E-state index contributed by atoms with van der Waals surface area (Å²) < 4.78 is 44.8. The summed E-state index contributed by atoms with van der Waals surface area (Å²) in [5, 5.41) is 0. The largest absolute Gasteiger partial charge is 0.455 e. The fourth-order valence-corrected chi connectivity index (χ4v) is 11.1. The minimum Gasteiger partial charge on any atom is -0.412 e. The maximum Gasteiger partial charge on any atom is 0.455 e. The van der Waals surface area contributed by atoms with Gasteiger partial charge in [-0.15, -0.1) is 0 Å². The quantitative estimate of drug-likeness (QED) is 0.348. The highest BCUT2D eigenvalue weighted by molar-refractivity contribution is 7.52. The predicted molar refractivity (Wildman–Crippen MR) is 135 cm³/mol. The average molecular weight is 539 g/mol. The molecule has 33 heavy (non-hydrogen) atoms. The van der Waals surface area contributed by atoms with Crippen molar-refractivity contribution in [1.82, 2.24) is 9.55 Å². The van der Waals surface area contributed by atoms with Crippen LogP contribution in [-0.2, 0) is 26.7 Å². The van der Waals surface area contributed by atoms with Gasteiger partial charge in [0, 0.05) is 18.2 Å². The molecule has 3 unspecified atom stereocenters. The van der Waals surface area contributed by atoms with Gasteiger partial charge in [-0.05, 0) is 65.8 Å². The Bertz CT molecular complexity index is 973. The maximum atomic E-state index is 13.5. The summed E-state index contributed by atoms with van der Waals surface area (Å²) in [6.45, 7) is 19.2. The van der Waals surface area contributed by atoms with Gasteiger partial charge in [0.05, 0.1) is 12.7 Å². The van der Waals surface area contributed by atoms with Crippen LogP contribution in [0.15, 0.2) is 15.8 Å². The lowest BCUT2D eigenvalue weighted by Gasteiger charge is -2.31. The number of rotatable bonds is 10. The van der Waals surface area contributed by atoms with E-state index in [0.717, 1.165) is 0 Å². The van der Waals surface area contributed by atoms with Gasteiger partial charge in [-0.2, -0.15) is 0 Å². The number of hydrogen-bond donors (Lipinski definition) is 1. The number of ether oxygens (including phenoxy) is 1. The molecule has 0 aliphatic carbocycles. The van der Waals surface area contributed by atoms with Gasteiger partial charge in [-0.3, -0.25) is 18.9 Å². The van der Waals surface area contributed by atoms with Crippen molar-refractivity contribution in [3.05, 3.63) is 32.6 Å². The van der Waals surface area contributed by atoms with Gasteiger partial charge in [0.1, 0.15) is 12.3 Å². The number of H-pyrrole nitrogens is 1. The monoisotopic (exact) mass is 538 g/mol. The summed E-state index contributed by atoms with van der Waals surface area (Å²) in [6, 6.07) is 0. The zero-order valence-electron chi connectivity index (χ0n) is 21.4. The summed E-state index contributed by atoms with van der Waals surface area (Å²) in [4.78, 5) is 26.5. The molecule has 0 spiro atoms. The lowest BCUT2D eigenvalue weighted by Crippen LogP contribution is -2.38. The van der Waals surface area contributed by atoms with Gasteiger partial charge in [-0.25, -0.2) is 9.36 Å². The maximum absolute atomic E-state index is 13.5. The molecule has 14 heteroatoms. The summed E-state index contributed by atoms with van der Waals surface area (Å²) in [7, 11) is -10.3. The molecule has 1 N–H and O–H groups in total. The molecule has 10 nitrogen and oxygen atoms in total. The van der Waals surface area contributed by atoms with Crippen LogP contribution in [0.3, 0.4) is 0 Å². The Morgan fingerprint density at radius 3 is 2.06 bits per heavy atom. The number of nitrogens with zero attached hydrogens (tertiary/aromatic N) is 1. The molecule has 0 saturated carbocycles. The van der Waals surface area contributed by atoms with E-state index < -0.39 is 56.4 Å². The van der Waals surface area contributed by atoms with Crippen molar-refractivity contribution < 1.29 is 26.7 Å². The highest BCUT2D eigenvalue weighted by atomic mass is 31.2. The first-order chi connectivity index (χ1) is 14.8. The van der Waals surface area contributed by atoms with Crippen molar-refractivity contribution in [3.63, 3.8) is 0 Å². The lowest BCUT2D eigenvalue weighted by molar-refractivity contribution is -0.0419. The van der Waals surface area contributed by atoms with Gasteiger partial charge in [-0.1, -0.05) is 0 Å². The second-order valence-electron chi connectivity index (χ2n) is 11.3. The van der Waals surface area contributed by atoms with E-state index in [9.17, 15) is 14.2 Å². The van der Waals surface area contributed by atoms with Crippen LogP contribution >= 0.6 is 7.82 Å². The predicted octanol–water partition coefficient (Wildman–Crippen LogP) is 4.18. The van der Waals surface area contributed by atoms with E-state index in [-0.39, 0.29) is 12.7 Å². The zero-order valence-corrected chi connectivity index (χ0v) is 25.3. The highest BCUT2D eigenvalue weighted by Gasteiger charge is 2.44. The van der Waals surface area contributed by atoms with Gasteiger partial charge in [0.25, 0.3) is 5.56 Å². The molecule has 0 bridgehead atoms. The average Bonchev–Trinajstić information content (AvgIpc) is 2.93. The molecule has 1 fully saturated rings. The Kier molecular flexibility index (Phi) is 8.80. The Balaban J connectivity index is 2.29. The van der Waals surface area contributed by atoms with E-state index in [0.29, 0.717) is 12.0 Å². The fourth-order valence-electron chi connectivity index (χ4n) is 3.31. The lowest BCUT2D eigenvalue weighted by atomic mass is 10.2. The van der Waals surface area contributed by atoms with E-state index in [1.165, 1.54) is 10.8 Å². The smallest absolute Gasteiger partial charge is 0.412 e. The van der Waals surface area contributed by atoms with Crippen molar-refractivity contribution in [2.75, 3.05) is 6.61 Å². The number of hydrogen-bond acceptors (Lipinski definition) is 8. The van der Waals surface area contributed by atoms with Gasteiger partial charge >= 0.3 is 13.5 Å². The summed E-state index contributed by atoms with van der Waals surface area (Å²) in [6.07, 6.45) is 0.238. The van der Waals surface area contributed by atoms with Gasteiger partial charge < -0.3 is 17.6 Å². The molecule has 2 rings (SSSR count). The molecule has 0 radical (unpaired) electrons. The third-order valence-corrected chi connectivity index (χ3v) is 12.0. The van der Waals surface area contributed by atoms with Crippen LogP contribution in [0.1, 0.15) is 18.2 Å². The van der Waals surface area contributed by atoms with Gasteiger partial charge in [0.15, 0.2) is 25.0 Å². The molecule has 0 amide bonds. The Morgan fingerprint density at radius 2 is 1.58 bits per heavy atom. The Labute approximate surface area is 199 Å². The minimum absolute atomic E-state index is 0.0744. The van der Waals surface area contributed by atoms with Crippen LogP contribution in [0.5, 0.6) is 0 Å². The molecular formula is C19H39N2O8PSi3. The van der Waals surface area contributed by atoms with Crippen molar-refractivity contribution in [3.8, 4) is 0 Å². The molecule has 1 aliphatic rings. The van der Waals surface area contributed by atoms with Crippen LogP contribution < -0.4 is 11.2 Å². The third-order valence-electron chi connectivity index (χ3n) is 4.31. The fraction of sp³-hybridized carbons (Fsp3) is 0.789. The van der Waals surface area contributed by atoms with E-state index in [1.807, 2.05) is 39.3 Å². The van der Waals surface area contributed by atoms with Crippen molar-refractivity contribution in [2.45, 2.75) is 90.7 Å². The first-order valence-electron chi connectivity index (χ1n) is 11.1. The number of phosphoric acid groups is 1. The van der Waals surface area contributed by atoms with Crippen molar-refractivity contribution in [1.29, 1.82) is 0 Å². The van der Waals surface area contributed by atoms with Gasteiger partial charge in [0.2, 0.25) is 0 Å². The summed E-state index contributed by atoms with van der Waals surface area (Å²) in [5.41, 5.74) is -0.590. The van der Waals surface area contributed by atoms with Crippen LogP contribution in [0.25, 0.3) is 0 Å². The number of aromatic nitrogens is 2. The summed E-state index contributed by atoms with van der Waals surface area (Å²) in [5.74, 6) is 0. The normalized spacial score (nSPS) is 22.7. The molecule has 2 heterocycles.